The Morgan fingerprint density at radius 3 is 2.35 bits per heavy atom. The second kappa shape index (κ2) is 8.20. The van der Waals surface area contributed by atoms with Gasteiger partial charge >= 0.3 is 0 Å². The van der Waals surface area contributed by atoms with E-state index in [-0.39, 0.29) is 11.3 Å². The number of hydrogen-bond acceptors (Lipinski definition) is 4. The van der Waals surface area contributed by atoms with E-state index in [1.165, 1.54) is 13.2 Å². The van der Waals surface area contributed by atoms with Crippen LogP contribution in [0, 0.1) is 11.6 Å². The standard InChI is InChI=1S/C23H15ClF2N2O3/c1-31-19-10-8-15(12-16(19)24)27-21-20(13-5-3-2-4-6-13)22(29)28(23(21)30)18-11-14(25)7-9-17(18)26/h2-12,27H,1H3. The van der Waals surface area contributed by atoms with Gasteiger partial charge in [0.15, 0.2) is 0 Å². The van der Waals surface area contributed by atoms with E-state index >= 15 is 0 Å². The molecule has 1 heterocycles. The minimum absolute atomic E-state index is 0.0289. The van der Waals surface area contributed by atoms with Gasteiger partial charge in [0, 0.05) is 11.8 Å². The molecule has 0 spiro atoms. The summed E-state index contributed by atoms with van der Waals surface area (Å²) in [6, 6.07) is 15.8. The molecule has 31 heavy (non-hydrogen) atoms. The summed E-state index contributed by atoms with van der Waals surface area (Å²) in [6.45, 7) is 0. The van der Waals surface area contributed by atoms with Crippen molar-refractivity contribution in [2.75, 3.05) is 17.3 Å². The Balaban J connectivity index is 1.83. The molecule has 3 aromatic carbocycles. The summed E-state index contributed by atoms with van der Waals surface area (Å²) < 4.78 is 33.3. The Bertz CT molecular complexity index is 1230. The van der Waals surface area contributed by atoms with Crippen LogP contribution >= 0.6 is 11.6 Å². The van der Waals surface area contributed by atoms with Gasteiger partial charge in [0.2, 0.25) is 0 Å². The van der Waals surface area contributed by atoms with Gasteiger partial charge in [-0.15, -0.1) is 0 Å². The normalized spacial score (nSPS) is 13.7. The fourth-order valence-electron chi connectivity index (χ4n) is 3.28. The van der Waals surface area contributed by atoms with Gasteiger partial charge < -0.3 is 10.1 Å². The predicted molar refractivity (Wildman–Crippen MR) is 114 cm³/mol. The van der Waals surface area contributed by atoms with Gasteiger partial charge in [-0.1, -0.05) is 41.9 Å². The molecule has 0 aliphatic carbocycles. The van der Waals surface area contributed by atoms with Crippen molar-refractivity contribution in [3.05, 3.63) is 94.6 Å². The molecule has 1 N–H and O–H groups in total. The van der Waals surface area contributed by atoms with Crippen LogP contribution in [0.25, 0.3) is 5.57 Å². The Labute approximate surface area is 181 Å². The quantitative estimate of drug-likeness (QED) is 0.566. The van der Waals surface area contributed by atoms with E-state index < -0.39 is 29.1 Å². The predicted octanol–water partition coefficient (Wildman–Crippen LogP) is 5.02. The number of carbonyl (C=O) groups is 2. The molecule has 0 unspecified atom stereocenters. The molecule has 156 valence electrons. The van der Waals surface area contributed by atoms with Gasteiger partial charge in [-0.3, -0.25) is 9.59 Å². The Morgan fingerprint density at radius 2 is 1.68 bits per heavy atom. The number of nitrogens with one attached hydrogen (secondary N) is 1. The molecule has 0 aromatic heterocycles. The van der Waals surface area contributed by atoms with Gasteiger partial charge in [0.05, 0.1) is 23.4 Å². The molecule has 1 aliphatic heterocycles. The maximum absolute atomic E-state index is 14.4. The van der Waals surface area contributed by atoms with Gasteiger partial charge in [-0.05, 0) is 35.9 Å². The Morgan fingerprint density at radius 1 is 0.935 bits per heavy atom. The zero-order valence-electron chi connectivity index (χ0n) is 16.2. The maximum Gasteiger partial charge on any atom is 0.282 e. The molecule has 0 bridgehead atoms. The number of benzene rings is 3. The lowest BCUT2D eigenvalue weighted by Crippen LogP contribution is -2.33. The van der Waals surface area contributed by atoms with E-state index in [0.717, 1.165) is 18.2 Å². The number of methoxy groups -OCH3 is 1. The number of nitrogens with zero attached hydrogens (tertiary/aromatic N) is 1. The molecule has 0 radical (unpaired) electrons. The first-order valence-electron chi connectivity index (χ1n) is 9.15. The zero-order chi connectivity index (χ0) is 22.1. The molecule has 8 heteroatoms. The minimum Gasteiger partial charge on any atom is -0.495 e. The van der Waals surface area contributed by atoms with Gasteiger partial charge in [-0.25, -0.2) is 13.7 Å². The summed E-state index contributed by atoms with van der Waals surface area (Å²) in [7, 11) is 1.47. The summed E-state index contributed by atoms with van der Waals surface area (Å²) in [6.07, 6.45) is 0. The summed E-state index contributed by atoms with van der Waals surface area (Å²) in [5.74, 6) is -2.84. The molecular weight excluding hydrogens is 426 g/mol. The number of anilines is 2. The highest BCUT2D eigenvalue weighted by Gasteiger charge is 2.41. The first-order chi connectivity index (χ1) is 14.9. The summed E-state index contributed by atoms with van der Waals surface area (Å²) in [4.78, 5) is 27.1. The van der Waals surface area contributed by atoms with Crippen molar-refractivity contribution in [3.8, 4) is 5.75 Å². The third kappa shape index (κ3) is 3.75. The summed E-state index contributed by atoms with van der Waals surface area (Å²) in [5.41, 5.74) is 0.342. The average molecular weight is 441 g/mol. The highest BCUT2D eigenvalue weighted by Crippen LogP contribution is 2.36. The molecule has 0 atom stereocenters. The molecule has 5 nitrogen and oxygen atoms in total. The number of imide groups is 1. The van der Waals surface area contributed by atoms with Crippen LogP contribution in [0.4, 0.5) is 20.2 Å². The first kappa shape index (κ1) is 20.6. The van der Waals surface area contributed by atoms with E-state index in [1.54, 1.807) is 42.5 Å². The third-order valence-corrected chi connectivity index (χ3v) is 5.01. The van der Waals surface area contributed by atoms with Crippen molar-refractivity contribution in [2.24, 2.45) is 0 Å². The Kier molecular flexibility index (Phi) is 5.44. The number of hydrogen-bond donors (Lipinski definition) is 1. The van der Waals surface area contributed by atoms with Crippen LogP contribution in [0.2, 0.25) is 5.02 Å². The Hall–Kier alpha value is -3.71. The van der Waals surface area contributed by atoms with E-state index in [2.05, 4.69) is 5.32 Å². The monoisotopic (exact) mass is 440 g/mol. The highest BCUT2D eigenvalue weighted by molar-refractivity contribution is 6.46. The number of halogens is 3. The minimum atomic E-state index is -0.899. The largest absolute Gasteiger partial charge is 0.495 e. The third-order valence-electron chi connectivity index (χ3n) is 4.72. The molecule has 1 aliphatic rings. The second-order valence-corrected chi connectivity index (χ2v) is 7.04. The van der Waals surface area contributed by atoms with Crippen molar-refractivity contribution < 1.29 is 23.1 Å². The van der Waals surface area contributed by atoms with E-state index in [1.807, 2.05) is 0 Å². The number of rotatable bonds is 5. The van der Waals surface area contributed by atoms with Crippen molar-refractivity contribution in [3.63, 3.8) is 0 Å². The lowest BCUT2D eigenvalue weighted by atomic mass is 10.0. The number of amides is 2. The zero-order valence-corrected chi connectivity index (χ0v) is 16.9. The lowest BCUT2D eigenvalue weighted by molar-refractivity contribution is -0.120. The molecular formula is C23H15ClF2N2O3. The number of ether oxygens (including phenoxy) is 1. The van der Waals surface area contributed by atoms with Gasteiger partial charge in [-0.2, -0.15) is 0 Å². The topological polar surface area (TPSA) is 58.6 Å². The smallest absolute Gasteiger partial charge is 0.282 e. The van der Waals surface area contributed by atoms with E-state index in [9.17, 15) is 18.4 Å². The molecule has 2 amide bonds. The van der Waals surface area contributed by atoms with Gasteiger partial charge in [0.1, 0.15) is 23.1 Å². The van der Waals surface area contributed by atoms with Crippen LogP contribution < -0.4 is 15.0 Å². The molecule has 0 fully saturated rings. The van der Waals surface area contributed by atoms with Crippen LogP contribution in [-0.2, 0) is 9.59 Å². The van der Waals surface area contributed by atoms with Crippen molar-refractivity contribution in [1.29, 1.82) is 0 Å². The van der Waals surface area contributed by atoms with Crippen molar-refractivity contribution in [1.82, 2.24) is 0 Å². The van der Waals surface area contributed by atoms with Crippen LogP contribution in [0.5, 0.6) is 5.75 Å². The molecule has 3 aromatic rings. The fraction of sp³-hybridized carbons (Fsp3) is 0.0435. The first-order valence-corrected chi connectivity index (χ1v) is 9.52. The second-order valence-electron chi connectivity index (χ2n) is 6.63. The van der Waals surface area contributed by atoms with Crippen LogP contribution in [0.1, 0.15) is 5.56 Å². The van der Waals surface area contributed by atoms with Crippen LogP contribution in [0.3, 0.4) is 0 Å². The highest BCUT2D eigenvalue weighted by atomic mass is 35.5. The fourth-order valence-corrected chi connectivity index (χ4v) is 3.54. The molecule has 4 rings (SSSR count). The van der Waals surface area contributed by atoms with E-state index in [4.69, 9.17) is 16.3 Å². The molecule has 0 saturated heterocycles. The summed E-state index contributed by atoms with van der Waals surface area (Å²) >= 11 is 6.16. The summed E-state index contributed by atoms with van der Waals surface area (Å²) in [5, 5.41) is 3.20. The van der Waals surface area contributed by atoms with Crippen LogP contribution in [-0.4, -0.2) is 18.9 Å². The number of carbonyl (C=O) groups excluding carboxylic acids is 2. The van der Waals surface area contributed by atoms with Gasteiger partial charge in [0.25, 0.3) is 11.8 Å². The van der Waals surface area contributed by atoms with E-state index in [0.29, 0.717) is 26.9 Å². The van der Waals surface area contributed by atoms with Crippen molar-refractivity contribution in [2.45, 2.75) is 0 Å². The average Bonchev–Trinajstić information content (AvgIpc) is 3.00. The SMILES string of the molecule is COc1ccc(NC2=C(c3ccccc3)C(=O)N(c3cc(F)ccc3F)C2=O)cc1Cl. The maximum atomic E-state index is 14.4. The lowest BCUT2D eigenvalue weighted by Gasteiger charge is -2.16. The van der Waals surface area contributed by atoms with Crippen molar-refractivity contribution >= 4 is 40.4 Å². The molecule has 0 saturated carbocycles. The van der Waals surface area contributed by atoms with Crippen LogP contribution in [0.15, 0.2) is 72.4 Å².